The van der Waals surface area contributed by atoms with E-state index in [9.17, 15) is 14.3 Å². The first-order chi connectivity index (χ1) is 15.9. The van der Waals surface area contributed by atoms with Gasteiger partial charge in [0.15, 0.2) is 11.5 Å². The number of anilines is 1. The fourth-order valence-electron chi connectivity index (χ4n) is 4.73. The third-order valence-corrected chi connectivity index (χ3v) is 6.88. The topological polar surface area (TPSA) is 105 Å². The van der Waals surface area contributed by atoms with Crippen molar-refractivity contribution in [3.05, 3.63) is 65.5 Å². The summed E-state index contributed by atoms with van der Waals surface area (Å²) in [5.41, 5.74) is 1.70. The summed E-state index contributed by atoms with van der Waals surface area (Å²) in [6, 6.07) is 5.62. The van der Waals surface area contributed by atoms with Crippen molar-refractivity contribution in [1.82, 2.24) is 24.3 Å². The molecule has 166 valence electrons. The van der Waals surface area contributed by atoms with Crippen LogP contribution >= 0.6 is 0 Å². The number of hydrogen-bond donors (Lipinski definition) is 2. The predicted octanol–water partition coefficient (Wildman–Crippen LogP) is 3.63. The third kappa shape index (κ3) is 2.99. The Morgan fingerprint density at radius 1 is 1.21 bits per heavy atom. The summed E-state index contributed by atoms with van der Waals surface area (Å²) in [5.74, 6) is -0.0562. The molecule has 4 heterocycles. The number of nitrogens with zero attached hydrogens (tertiary/aromatic N) is 5. The van der Waals surface area contributed by atoms with E-state index in [0.717, 1.165) is 17.8 Å². The molecular weight excluding hydrogens is 423 g/mol. The molecule has 0 bridgehead atoms. The molecule has 1 aromatic carbocycles. The van der Waals surface area contributed by atoms with Crippen LogP contribution in [0, 0.1) is 11.7 Å². The number of imidazole rings is 1. The van der Waals surface area contributed by atoms with E-state index in [-0.39, 0.29) is 29.0 Å². The van der Waals surface area contributed by atoms with E-state index >= 15 is 0 Å². The molecule has 1 atom stereocenters. The van der Waals surface area contributed by atoms with Crippen LogP contribution < -0.4 is 5.32 Å². The molecule has 1 amide bonds. The minimum atomic E-state index is -1.25. The normalized spacial score (nSPS) is 20.0. The molecule has 1 unspecified atom stereocenters. The largest absolute Gasteiger partial charge is 0.493 e. The molecule has 4 aromatic rings. The monoisotopic (exact) mass is 444 g/mol. The molecule has 33 heavy (non-hydrogen) atoms. The number of benzene rings is 1. The van der Waals surface area contributed by atoms with E-state index in [4.69, 9.17) is 4.98 Å². The predicted molar refractivity (Wildman–Crippen MR) is 118 cm³/mol. The summed E-state index contributed by atoms with van der Waals surface area (Å²) in [6.45, 7) is 1.66. The minimum Gasteiger partial charge on any atom is -0.493 e. The maximum Gasteiger partial charge on any atom is 0.240 e. The van der Waals surface area contributed by atoms with Gasteiger partial charge in [0.2, 0.25) is 11.8 Å². The van der Waals surface area contributed by atoms with Crippen molar-refractivity contribution in [2.45, 2.75) is 38.0 Å². The van der Waals surface area contributed by atoms with Gasteiger partial charge >= 0.3 is 0 Å². The Labute approximate surface area is 188 Å². The zero-order valence-corrected chi connectivity index (χ0v) is 17.9. The Bertz CT molecular complexity index is 1410. The van der Waals surface area contributed by atoms with Crippen LogP contribution in [0.5, 0.6) is 5.88 Å². The summed E-state index contributed by atoms with van der Waals surface area (Å²) in [6.07, 6.45) is 9.76. The fraction of sp³-hybridized carbons (Fsp3) is 0.292. The summed E-state index contributed by atoms with van der Waals surface area (Å²) in [5, 5.41) is 13.7. The lowest BCUT2D eigenvalue weighted by Crippen LogP contribution is -2.32. The summed E-state index contributed by atoms with van der Waals surface area (Å²) in [7, 11) is 0. The first-order valence-corrected chi connectivity index (χ1v) is 11.0. The van der Waals surface area contributed by atoms with Gasteiger partial charge in [0.1, 0.15) is 22.7 Å². The van der Waals surface area contributed by atoms with Crippen LogP contribution in [0.3, 0.4) is 0 Å². The van der Waals surface area contributed by atoms with Crippen molar-refractivity contribution >= 4 is 17.4 Å². The highest BCUT2D eigenvalue weighted by atomic mass is 19.1. The number of fused-ring (bicyclic) bond motifs is 2. The second-order valence-electron chi connectivity index (χ2n) is 8.91. The molecule has 6 rings (SSSR count). The Hall–Kier alpha value is -3.88. The number of aromatic nitrogens is 5. The maximum atomic E-state index is 13.4. The molecule has 0 saturated heterocycles. The second-order valence-corrected chi connectivity index (χ2v) is 8.91. The first kappa shape index (κ1) is 19.8. The highest BCUT2D eigenvalue weighted by Gasteiger charge is 2.48. The molecule has 0 spiro atoms. The fourth-order valence-corrected chi connectivity index (χ4v) is 4.73. The van der Waals surface area contributed by atoms with E-state index in [1.807, 2.05) is 10.6 Å². The van der Waals surface area contributed by atoms with Crippen LogP contribution in [-0.4, -0.2) is 35.4 Å². The van der Waals surface area contributed by atoms with Crippen LogP contribution in [0.1, 0.15) is 43.0 Å². The molecular formula is C24H21FN6O2. The zero-order chi connectivity index (χ0) is 22.7. The van der Waals surface area contributed by atoms with Crippen molar-refractivity contribution in [3.8, 4) is 17.4 Å². The second kappa shape index (κ2) is 7.06. The molecule has 1 aliphatic heterocycles. The van der Waals surface area contributed by atoms with Crippen molar-refractivity contribution < 1.29 is 14.3 Å². The number of rotatable bonds is 4. The van der Waals surface area contributed by atoms with Gasteiger partial charge in [-0.3, -0.25) is 4.79 Å². The van der Waals surface area contributed by atoms with Crippen molar-refractivity contribution in [3.63, 3.8) is 0 Å². The molecule has 1 fully saturated rings. The average Bonchev–Trinajstić information content (AvgIpc) is 3.34. The Kier molecular flexibility index (Phi) is 4.23. The van der Waals surface area contributed by atoms with Gasteiger partial charge in [-0.2, -0.15) is 4.98 Å². The van der Waals surface area contributed by atoms with Gasteiger partial charge in [0, 0.05) is 18.6 Å². The van der Waals surface area contributed by atoms with Crippen LogP contribution in [0.15, 0.2) is 42.9 Å². The molecule has 1 aliphatic carbocycles. The number of carbonyl (C=O) groups excluding carboxylic acids is 1. The van der Waals surface area contributed by atoms with E-state index in [1.165, 1.54) is 43.5 Å². The van der Waals surface area contributed by atoms with Gasteiger partial charge in [0.05, 0.1) is 11.3 Å². The van der Waals surface area contributed by atoms with Crippen molar-refractivity contribution in [1.29, 1.82) is 0 Å². The number of halogens is 1. The third-order valence-electron chi connectivity index (χ3n) is 6.88. The number of hydrogen-bond acceptors (Lipinski definition) is 6. The summed E-state index contributed by atoms with van der Waals surface area (Å²) in [4.78, 5) is 31.1. The Balaban J connectivity index is 1.46. The van der Waals surface area contributed by atoms with Gasteiger partial charge < -0.3 is 14.8 Å². The van der Waals surface area contributed by atoms with E-state index < -0.39 is 11.2 Å². The number of amides is 1. The quantitative estimate of drug-likeness (QED) is 0.498. The van der Waals surface area contributed by atoms with Crippen molar-refractivity contribution in [2.75, 3.05) is 5.32 Å². The molecule has 1 saturated carbocycles. The highest BCUT2D eigenvalue weighted by Crippen LogP contribution is 2.46. The van der Waals surface area contributed by atoms with E-state index in [1.54, 1.807) is 19.3 Å². The highest BCUT2D eigenvalue weighted by molar-refractivity contribution is 6.08. The number of nitrogens with one attached hydrogen (secondary N) is 1. The lowest BCUT2D eigenvalue weighted by atomic mass is 9.78. The van der Waals surface area contributed by atoms with Gasteiger partial charge in [-0.15, -0.1) is 0 Å². The Morgan fingerprint density at radius 2 is 2.00 bits per heavy atom. The van der Waals surface area contributed by atoms with Crippen LogP contribution in [-0.2, 0) is 16.6 Å². The van der Waals surface area contributed by atoms with Crippen LogP contribution in [0.4, 0.5) is 10.2 Å². The van der Waals surface area contributed by atoms with E-state index in [0.29, 0.717) is 17.2 Å². The number of aromatic hydroxyl groups is 1. The van der Waals surface area contributed by atoms with E-state index in [2.05, 4.69) is 20.3 Å². The lowest BCUT2D eigenvalue weighted by Gasteiger charge is -2.25. The van der Waals surface area contributed by atoms with Crippen molar-refractivity contribution in [2.24, 2.45) is 5.92 Å². The van der Waals surface area contributed by atoms with Gasteiger partial charge in [-0.25, -0.2) is 19.3 Å². The molecule has 2 aliphatic rings. The number of carbonyl (C=O) groups is 1. The van der Waals surface area contributed by atoms with Gasteiger partial charge in [-0.05, 0) is 37.0 Å². The minimum absolute atomic E-state index is 0.209. The smallest absolute Gasteiger partial charge is 0.240 e. The average molecular weight is 444 g/mol. The standard InChI is InChI=1S/C24H21FN6O2/c1-24(14-5-7-15(25)8-6-14)18-20(30-23(24)33)28-19(29-22(18)32)17-12-31-10-9-26-21(31)16(27-17)11-13-3-2-4-13/h5-10,12-13H,2-4,11H2,1H3,(H2,28,29,30,32,33). The molecule has 0 radical (unpaired) electrons. The Morgan fingerprint density at radius 3 is 2.73 bits per heavy atom. The van der Waals surface area contributed by atoms with Crippen LogP contribution in [0.25, 0.3) is 17.2 Å². The summed E-state index contributed by atoms with van der Waals surface area (Å²) >= 11 is 0. The first-order valence-electron chi connectivity index (χ1n) is 11.0. The SMILES string of the molecule is CC1(c2ccc(F)cc2)C(=O)Nc2nc(-c3cn4ccnc4c(CC4CCC4)n3)nc(O)c21. The molecule has 8 nitrogen and oxygen atoms in total. The maximum absolute atomic E-state index is 13.4. The molecule has 3 aromatic heterocycles. The van der Waals surface area contributed by atoms with Gasteiger partial charge in [0.25, 0.3) is 0 Å². The zero-order valence-electron chi connectivity index (χ0n) is 17.9. The summed E-state index contributed by atoms with van der Waals surface area (Å²) < 4.78 is 15.3. The molecule has 9 heteroatoms. The lowest BCUT2D eigenvalue weighted by molar-refractivity contribution is -0.119. The molecule has 2 N–H and O–H groups in total. The van der Waals surface area contributed by atoms with Gasteiger partial charge in [-0.1, -0.05) is 31.4 Å². The van der Waals surface area contributed by atoms with Crippen LogP contribution in [0.2, 0.25) is 0 Å².